The number of aromatic nitrogens is 5. The molecule has 0 aliphatic carbocycles. The Morgan fingerprint density at radius 3 is 2.26 bits per heavy atom. The molecule has 0 atom stereocenters. The smallest absolute Gasteiger partial charge is 0.266 e. The van der Waals surface area contributed by atoms with Crippen LogP contribution in [-0.2, 0) is 13.0 Å². The van der Waals surface area contributed by atoms with Crippen molar-refractivity contribution in [2.24, 2.45) is 0 Å². The predicted molar refractivity (Wildman–Crippen MR) is 119 cm³/mol. The van der Waals surface area contributed by atoms with Gasteiger partial charge in [0.2, 0.25) is 5.89 Å². The number of pyridine rings is 3. The number of nitrogens with zero attached hydrogens (tertiary/aromatic N) is 7. The summed E-state index contributed by atoms with van der Waals surface area (Å²) >= 11 is 0. The van der Waals surface area contributed by atoms with Crippen molar-refractivity contribution in [1.82, 2.24) is 30.0 Å². The number of fused-ring (bicyclic) bond motifs is 1. The number of rotatable bonds is 5. The molecule has 1 aliphatic rings. The molecule has 0 N–H and O–H groups in total. The fourth-order valence-corrected chi connectivity index (χ4v) is 3.89. The van der Waals surface area contributed by atoms with Gasteiger partial charge in [0.1, 0.15) is 5.69 Å². The SMILES string of the molecule is CCc1cnc2cc(CN3CCN(c4ccc(-c5nnc(C)o5)nc4)CC3)cnc2c1. The van der Waals surface area contributed by atoms with E-state index in [0.29, 0.717) is 17.5 Å². The molecule has 8 heteroatoms. The van der Waals surface area contributed by atoms with Gasteiger partial charge in [-0.1, -0.05) is 6.92 Å². The zero-order valence-electron chi connectivity index (χ0n) is 17.8. The summed E-state index contributed by atoms with van der Waals surface area (Å²) in [5.41, 5.74) is 6.18. The van der Waals surface area contributed by atoms with Crippen molar-refractivity contribution in [2.45, 2.75) is 26.8 Å². The summed E-state index contributed by atoms with van der Waals surface area (Å²) in [6.07, 6.45) is 6.79. The maximum atomic E-state index is 5.45. The first-order chi connectivity index (χ1) is 15.2. The van der Waals surface area contributed by atoms with Crippen LogP contribution in [0.5, 0.6) is 0 Å². The molecular weight excluding hydrogens is 390 g/mol. The quantitative estimate of drug-likeness (QED) is 0.491. The van der Waals surface area contributed by atoms with Crippen LogP contribution in [0.3, 0.4) is 0 Å². The van der Waals surface area contributed by atoms with E-state index in [1.807, 2.05) is 24.7 Å². The van der Waals surface area contributed by atoms with Gasteiger partial charge in [0, 0.05) is 52.0 Å². The molecule has 4 aromatic heterocycles. The van der Waals surface area contributed by atoms with Gasteiger partial charge in [-0.2, -0.15) is 0 Å². The van der Waals surface area contributed by atoms with Crippen molar-refractivity contribution in [3.8, 4) is 11.6 Å². The van der Waals surface area contributed by atoms with Crippen LogP contribution in [0.1, 0.15) is 23.9 Å². The molecule has 5 heterocycles. The minimum Gasteiger partial charge on any atom is -0.420 e. The summed E-state index contributed by atoms with van der Waals surface area (Å²) < 4.78 is 5.45. The van der Waals surface area contributed by atoms with Crippen LogP contribution in [0.2, 0.25) is 0 Å². The molecule has 4 aromatic rings. The summed E-state index contributed by atoms with van der Waals surface area (Å²) in [6.45, 7) is 8.70. The fourth-order valence-electron chi connectivity index (χ4n) is 3.89. The van der Waals surface area contributed by atoms with Gasteiger partial charge in [-0.05, 0) is 41.8 Å². The molecule has 0 bridgehead atoms. The van der Waals surface area contributed by atoms with E-state index < -0.39 is 0 Å². The first kappa shape index (κ1) is 19.6. The molecule has 0 aromatic carbocycles. The number of aryl methyl sites for hydroxylation is 2. The minimum absolute atomic E-state index is 0.457. The van der Waals surface area contributed by atoms with E-state index in [1.165, 1.54) is 11.1 Å². The number of piperazine rings is 1. The zero-order chi connectivity index (χ0) is 21.2. The Morgan fingerprint density at radius 1 is 0.871 bits per heavy atom. The Morgan fingerprint density at radius 2 is 1.61 bits per heavy atom. The Kier molecular flexibility index (Phi) is 5.30. The first-order valence-electron chi connectivity index (χ1n) is 10.7. The second-order valence-electron chi connectivity index (χ2n) is 7.87. The fraction of sp³-hybridized carbons (Fsp3) is 0.348. The third kappa shape index (κ3) is 4.25. The lowest BCUT2D eigenvalue weighted by molar-refractivity contribution is 0.249. The molecule has 158 valence electrons. The van der Waals surface area contributed by atoms with Crippen LogP contribution in [-0.4, -0.2) is 56.2 Å². The third-order valence-corrected chi connectivity index (χ3v) is 5.69. The highest BCUT2D eigenvalue weighted by Crippen LogP contribution is 2.21. The van der Waals surface area contributed by atoms with Crippen molar-refractivity contribution in [3.63, 3.8) is 0 Å². The van der Waals surface area contributed by atoms with Gasteiger partial charge in [0.15, 0.2) is 0 Å². The van der Waals surface area contributed by atoms with Gasteiger partial charge >= 0.3 is 0 Å². The topological polar surface area (TPSA) is 84.1 Å². The Labute approximate surface area is 181 Å². The average molecular weight is 416 g/mol. The molecule has 0 amide bonds. The number of hydrogen-bond acceptors (Lipinski definition) is 8. The second-order valence-corrected chi connectivity index (χ2v) is 7.87. The molecule has 0 unspecified atom stereocenters. The largest absolute Gasteiger partial charge is 0.420 e. The molecular formula is C23H25N7O. The zero-order valence-corrected chi connectivity index (χ0v) is 17.8. The highest BCUT2D eigenvalue weighted by Gasteiger charge is 2.18. The molecule has 31 heavy (non-hydrogen) atoms. The van der Waals surface area contributed by atoms with E-state index in [1.54, 1.807) is 6.92 Å². The van der Waals surface area contributed by atoms with Gasteiger partial charge < -0.3 is 9.32 Å². The molecule has 0 radical (unpaired) electrons. The normalized spacial score (nSPS) is 15.0. The lowest BCUT2D eigenvalue weighted by atomic mass is 10.1. The Balaban J connectivity index is 1.20. The van der Waals surface area contributed by atoms with Crippen molar-refractivity contribution in [3.05, 3.63) is 59.9 Å². The molecule has 0 spiro atoms. The average Bonchev–Trinajstić information content (AvgIpc) is 3.25. The standard InChI is InChI=1S/C23H25N7O/c1-3-17-10-21-22(24-12-17)11-18(13-25-21)15-29-6-8-30(9-7-29)19-4-5-20(26-14-19)23-28-27-16(2)31-23/h4-5,10-14H,3,6-9,15H2,1-2H3. The number of anilines is 1. The van der Waals surface area contributed by atoms with Crippen molar-refractivity contribution < 1.29 is 4.42 Å². The van der Waals surface area contributed by atoms with Crippen LogP contribution >= 0.6 is 0 Å². The van der Waals surface area contributed by atoms with Crippen LogP contribution in [0.25, 0.3) is 22.6 Å². The van der Waals surface area contributed by atoms with E-state index in [0.717, 1.165) is 55.9 Å². The van der Waals surface area contributed by atoms with Crippen molar-refractivity contribution in [2.75, 3.05) is 31.1 Å². The minimum atomic E-state index is 0.457. The highest BCUT2D eigenvalue weighted by atomic mass is 16.4. The second kappa shape index (κ2) is 8.39. The van der Waals surface area contributed by atoms with E-state index in [9.17, 15) is 0 Å². The van der Waals surface area contributed by atoms with Gasteiger partial charge in [-0.25, -0.2) is 4.98 Å². The van der Waals surface area contributed by atoms with E-state index in [4.69, 9.17) is 4.42 Å². The lowest BCUT2D eigenvalue weighted by Gasteiger charge is -2.35. The summed E-state index contributed by atoms with van der Waals surface area (Å²) in [5, 5.41) is 7.89. The Bertz CT molecular complexity index is 1180. The lowest BCUT2D eigenvalue weighted by Crippen LogP contribution is -2.46. The molecule has 0 saturated carbocycles. The van der Waals surface area contributed by atoms with Crippen LogP contribution in [0, 0.1) is 6.92 Å². The molecule has 8 nitrogen and oxygen atoms in total. The van der Waals surface area contributed by atoms with Gasteiger partial charge in [0.25, 0.3) is 5.89 Å². The van der Waals surface area contributed by atoms with Gasteiger partial charge in [0.05, 0.1) is 22.9 Å². The predicted octanol–water partition coefficient (Wildman–Crippen LogP) is 3.27. The van der Waals surface area contributed by atoms with Gasteiger partial charge in [-0.15, -0.1) is 10.2 Å². The summed E-state index contributed by atoms with van der Waals surface area (Å²) in [7, 11) is 0. The highest BCUT2D eigenvalue weighted by molar-refractivity contribution is 5.74. The Hall–Kier alpha value is -3.39. The molecule has 1 fully saturated rings. The van der Waals surface area contributed by atoms with Crippen molar-refractivity contribution in [1.29, 1.82) is 0 Å². The maximum Gasteiger partial charge on any atom is 0.266 e. The maximum absolute atomic E-state index is 5.45. The third-order valence-electron chi connectivity index (χ3n) is 5.69. The van der Waals surface area contributed by atoms with Crippen LogP contribution in [0.15, 0.2) is 47.3 Å². The molecule has 1 saturated heterocycles. The molecule has 1 aliphatic heterocycles. The van der Waals surface area contributed by atoms with Gasteiger partial charge in [-0.3, -0.25) is 14.9 Å². The molecule has 5 rings (SSSR count). The first-order valence-corrected chi connectivity index (χ1v) is 10.7. The van der Waals surface area contributed by atoms with E-state index in [2.05, 4.69) is 60.1 Å². The number of hydrogen-bond donors (Lipinski definition) is 0. The van der Waals surface area contributed by atoms with E-state index >= 15 is 0 Å². The summed E-state index contributed by atoms with van der Waals surface area (Å²) in [5.74, 6) is 0.998. The van der Waals surface area contributed by atoms with Crippen LogP contribution in [0.4, 0.5) is 5.69 Å². The summed E-state index contributed by atoms with van der Waals surface area (Å²) in [4.78, 5) is 18.5. The summed E-state index contributed by atoms with van der Waals surface area (Å²) in [6, 6.07) is 8.30. The van der Waals surface area contributed by atoms with E-state index in [-0.39, 0.29) is 0 Å². The van der Waals surface area contributed by atoms with Crippen molar-refractivity contribution >= 4 is 16.7 Å². The van der Waals surface area contributed by atoms with Crippen LogP contribution < -0.4 is 4.90 Å². The monoisotopic (exact) mass is 415 g/mol.